The predicted octanol–water partition coefficient (Wildman–Crippen LogP) is 3.85. The molecule has 0 amide bonds. The average Bonchev–Trinajstić information content (AvgIpc) is 3.03. The molecule has 4 aromatic rings. The van der Waals surface area contributed by atoms with E-state index >= 15 is 0 Å². The molecule has 0 fully saturated rings. The van der Waals surface area contributed by atoms with Crippen molar-refractivity contribution in [3.63, 3.8) is 0 Å². The van der Waals surface area contributed by atoms with Gasteiger partial charge >= 0.3 is 0 Å². The number of benzene rings is 2. The normalized spacial score (nSPS) is 11.4. The molecule has 0 atom stereocenters. The number of aromatic nitrogens is 3. The van der Waals surface area contributed by atoms with Gasteiger partial charge < -0.3 is 9.97 Å². The van der Waals surface area contributed by atoms with Crippen LogP contribution < -0.4 is 0 Å². The fourth-order valence-electron chi connectivity index (χ4n) is 2.40. The van der Waals surface area contributed by atoms with Crippen LogP contribution in [-0.2, 0) is 0 Å². The monoisotopic (exact) mass is 251 g/mol. The van der Waals surface area contributed by atoms with Crippen LogP contribution in [-0.4, -0.2) is 15.0 Å². The fourth-order valence-corrected chi connectivity index (χ4v) is 2.40. The predicted molar refractivity (Wildman–Crippen MR) is 73.3 cm³/mol. The zero-order valence-electron chi connectivity index (χ0n) is 9.94. The fraction of sp³-hybridized carbons (Fsp3) is 0. The van der Waals surface area contributed by atoms with Crippen LogP contribution in [0.3, 0.4) is 0 Å². The Hall–Kier alpha value is -2.62. The van der Waals surface area contributed by atoms with Gasteiger partial charge in [0.1, 0.15) is 11.6 Å². The van der Waals surface area contributed by atoms with Gasteiger partial charge in [0, 0.05) is 17.1 Å². The number of imidazole rings is 1. The molecule has 4 rings (SSSR count). The topological polar surface area (TPSA) is 44.5 Å². The highest BCUT2D eigenvalue weighted by Crippen LogP contribution is 2.28. The maximum atomic E-state index is 13.7. The van der Waals surface area contributed by atoms with Gasteiger partial charge in [-0.2, -0.15) is 0 Å². The molecule has 2 aromatic carbocycles. The Labute approximate surface area is 108 Å². The van der Waals surface area contributed by atoms with Crippen LogP contribution in [0, 0.1) is 5.82 Å². The summed E-state index contributed by atoms with van der Waals surface area (Å²) in [5.74, 6) is 0.413. The number of para-hydroxylation sites is 2. The molecule has 0 spiro atoms. The van der Waals surface area contributed by atoms with Crippen LogP contribution in [0.5, 0.6) is 0 Å². The Bertz CT molecular complexity index is 856. The molecule has 92 valence electrons. The molecule has 0 bridgehead atoms. The highest BCUT2D eigenvalue weighted by atomic mass is 19.1. The summed E-state index contributed by atoms with van der Waals surface area (Å²) in [7, 11) is 0. The molecular formula is C15H10FN3. The Morgan fingerprint density at radius 2 is 1.95 bits per heavy atom. The lowest BCUT2D eigenvalue weighted by Gasteiger charge is -2.00. The second-order valence-electron chi connectivity index (χ2n) is 4.50. The van der Waals surface area contributed by atoms with Crippen LogP contribution in [0.15, 0.2) is 48.7 Å². The number of hydrogen-bond donors (Lipinski definition) is 2. The minimum Gasteiger partial charge on any atom is -0.361 e. The summed E-state index contributed by atoms with van der Waals surface area (Å²) >= 11 is 0. The smallest absolute Gasteiger partial charge is 0.140 e. The minimum absolute atomic E-state index is 0.262. The van der Waals surface area contributed by atoms with E-state index in [0.29, 0.717) is 5.82 Å². The van der Waals surface area contributed by atoms with E-state index in [1.807, 2.05) is 30.3 Å². The molecule has 0 unspecified atom stereocenters. The number of nitrogens with one attached hydrogen (secondary N) is 2. The lowest BCUT2D eigenvalue weighted by molar-refractivity contribution is 0.630. The van der Waals surface area contributed by atoms with E-state index in [4.69, 9.17) is 0 Å². The molecule has 2 N–H and O–H groups in total. The van der Waals surface area contributed by atoms with E-state index in [2.05, 4.69) is 15.0 Å². The van der Waals surface area contributed by atoms with Gasteiger partial charge in [-0.15, -0.1) is 0 Å². The molecule has 0 saturated heterocycles. The van der Waals surface area contributed by atoms with E-state index in [-0.39, 0.29) is 5.82 Å². The second kappa shape index (κ2) is 3.68. The maximum Gasteiger partial charge on any atom is 0.140 e. The van der Waals surface area contributed by atoms with Crippen LogP contribution in [0.1, 0.15) is 0 Å². The first-order valence-corrected chi connectivity index (χ1v) is 6.03. The van der Waals surface area contributed by atoms with Gasteiger partial charge in [0.2, 0.25) is 0 Å². The highest BCUT2D eigenvalue weighted by Gasteiger charge is 2.11. The molecular weight excluding hydrogens is 241 g/mol. The van der Waals surface area contributed by atoms with Crippen molar-refractivity contribution in [2.24, 2.45) is 0 Å². The van der Waals surface area contributed by atoms with E-state index in [1.165, 1.54) is 12.1 Å². The second-order valence-corrected chi connectivity index (χ2v) is 4.50. The number of rotatable bonds is 1. The summed E-state index contributed by atoms with van der Waals surface area (Å²) in [6.07, 6.45) is 1.80. The largest absolute Gasteiger partial charge is 0.361 e. The molecule has 0 saturated carbocycles. The van der Waals surface area contributed by atoms with Gasteiger partial charge in [0.05, 0.1) is 16.6 Å². The summed E-state index contributed by atoms with van der Waals surface area (Å²) in [6, 6.07) is 12.6. The van der Waals surface area contributed by atoms with Gasteiger partial charge in [-0.1, -0.05) is 12.1 Å². The molecule has 19 heavy (non-hydrogen) atoms. The van der Waals surface area contributed by atoms with Crippen LogP contribution >= 0.6 is 0 Å². The summed E-state index contributed by atoms with van der Waals surface area (Å²) in [5, 5.41) is 0.843. The zero-order chi connectivity index (χ0) is 12.8. The quantitative estimate of drug-likeness (QED) is 0.530. The summed E-state index contributed by atoms with van der Waals surface area (Å²) in [4.78, 5) is 10.9. The van der Waals surface area contributed by atoms with E-state index in [9.17, 15) is 4.39 Å². The number of nitrogens with zero attached hydrogens (tertiary/aromatic N) is 1. The standard InChI is InChI=1S/C15H10FN3/c16-10-7-9-5-6-17-14(9)11(8-10)15-18-12-3-1-2-4-13(12)19-15/h1-8,17H,(H,18,19). The SMILES string of the molecule is Fc1cc(-c2nc3ccccc3[nH]2)c2[nH]ccc2c1. The van der Waals surface area contributed by atoms with Gasteiger partial charge in [0.15, 0.2) is 0 Å². The van der Waals surface area contributed by atoms with Crippen molar-refractivity contribution >= 4 is 21.9 Å². The average molecular weight is 251 g/mol. The molecule has 4 heteroatoms. The third-order valence-electron chi connectivity index (χ3n) is 3.27. The minimum atomic E-state index is -0.262. The van der Waals surface area contributed by atoms with E-state index in [1.54, 1.807) is 6.20 Å². The highest BCUT2D eigenvalue weighted by molar-refractivity contribution is 5.94. The van der Waals surface area contributed by atoms with Crippen molar-refractivity contribution < 1.29 is 4.39 Å². The van der Waals surface area contributed by atoms with Crippen LogP contribution in [0.4, 0.5) is 4.39 Å². The number of aromatic amines is 2. The van der Waals surface area contributed by atoms with Gasteiger partial charge in [-0.25, -0.2) is 9.37 Å². The van der Waals surface area contributed by atoms with Crippen molar-refractivity contribution in [3.05, 3.63) is 54.5 Å². The Morgan fingerprint density at radius 1 is 1.05 bits per heavy atom. The molecule has 0 aliphatic carbocycles. The van der Waals surface area contributed by atoms with Crippen LogP contribution in [0.2, 0.25) is 0 Å². The van der Waals surface area contributed by atoms with Crippen molar-refractivity contribution in [2.45, 2.75) is 0 Å². The Balaban J connectivity index is 2.05. The third kappa shape index (κ3) is 1.53. The Morgan fingerprint density at radius 3 is 2.84 bits per heavy atom. The first kappa shape index (κ1) is 10.3. The van der Waals surface area contributed by atoms with Gasteiger partial charge in [-0.05, 0) is 30.3 Å². The van der Waals surface area contributed by atoms with Crippen LogP contribution in [0.25, 0.3) is 33.3 Å². The summed E-state index contributed by atoms with van der Waals surface area (Å²) in [5.41, 5.74) is 3.46. The third-order valence-corrected chi connectivity index (χ3v) is 3.27. The van der Waals surface area contributed by atoms with E-state index in [0.717, 1.165) is 27.5 Å². The van der Waals surface area contributed by atoms with Crippen molar-refractivity contribution in [3.8, 4) is 11.4 Å². The number of fused-ring (bicyclic) bond motifs is 2. The lowest BCUT2D eigenvalue weighted by atomic mass is 10.1. The molecule has 0 radical (unpaired) electrons. The molecule has 2 heterocycles. The van der Waals surface area contributed by atoms with Gasteiger partial charge in [0.25, 0.3) is 0 Å². The zero-order valence-corrected chi connectivity index (χ0v) is 9.94. The van der Waals surface area contributed by atoms with Crippen molar-refractivity contribution in [1.29, 1.82) is 0 Å². The summed E-state index contributed by atoms with van der Waals surface area (Å²) < 4.78 is 13.7. The van der Waals surface area contributed by atoms with Crippen molar-refractivity contribution in [2.75, 3.05) is 0 Å². The number of hydrogen-bond acceptors (Lipinski definition) is 1. The number of H-pyrrole nitrogens is 2. The number of halogens is 1. The molecule has 2 aromatic heterocycles. The molecule has 0 aliphatic rings. The maximum absolute atomic E-state index is 13.7. The first-order valence-electron chi connectivity index (χ1n) is 6.03. The van der Waals surface area contributed by atoms with E-state index < -0.39 is 0 Å². The lowest BCUT2D eigenvalue weighted by Crippen LogP contribution is -1.85. The Kier molecular flexibility index (Phi) is 2.00. The first-order chi connectivity index (χ1) is 9.31. The molecule has 3 nitrogen and oxygen atoms in total. The molecule has 0 aliphatic heterocycles. The van der Waals surface area contributed by atoms with Crippen molar-refractivity contribution in [1.82, 2.24) is 15.0 Å². The van der Waals surface area contributed by atoms with Gasteiger partial charge in [-0.3, -0.25) is 0 Å². The summed E-state index contributed by atoms with van der Waals surface area (Å²) in [6.45, 7) is 0.